The molecular formula is C16H16BrN3O. The van der Waals surface area contributed by atoms with E-state index in [1.807, 2.05) is 65.6 Å². The lowest BCUT2D eigenvalue weighted by Crippen LogP contribution is -3.08. The van der Waals surface area contributed by atoms with E-state index in [0.29, 0.717) is 13.2 Å². The maximum absolute atomic E-state index is 12.1. The molecule has 1 atom stereocenters. The fourth-order valence-corrected chi connectivity index (χ4v) is 2.22. The minimum absolute atomic E-state index is 0. The molecule has 0 radical (unpaired) electrons. The molecule has 0 saturated heterocycles. The van der Waals surface area contributed by atoms with Crippen LogP contribution in [0.3, 0.4) is 0 Å². The maximum Gasteiger partial charge on any atom is 0.219 e. The molecule has 1 unspecified atom stereocenters. The van der Waals surface area contributed by atoms with Crippen molar-refractivity contribution in [3.8, 4) is 0 Å². The van der Waals surface area contributed by atoms with E-state index < -0.39 is 0 Å². The normalized spacial score (nSPS) is 16.6. The number of carbonyl (C=O) groups is 1. The van der Waals surface area contributed by atoms with Crippen molar-refractivity contribution in [2.75, 3.05) is 18.1 Å². The van der Waals surface area contributed by atoms with Crippen LogP contribution >= 0.6 is 0 Å². The van der Waals surface area contributed by atoms with Gasteiger partial charge in [-0.15, -0.1) is 0 Å². The zero-order valence-corrected chi connectivity index (χ0v) is 13.0. The second-order valence-corrected chi connectivity index (χ2v) is 4.74. The molecule has 0 fully saturated rings. The average Bonchev–Trinajstić information content (AvgIpc) is 2.97. The number of ketones is 1. The summed E-state index contributed by atoms with van der Waals surface area (Å²) in [5.41, 5.74) is 1.84. The fourth-order valence-electron chi connectivity index (χ4n) is 2.22. The van der Waals surface area contributed by atoms with Gasteiger partial charge in [0.2, 0.25) is 5.78 Å². The Morgan fingerprint density at radius 1 is 1.05 bits per heavy atom. The first kappa shape index (κ1) is 15.4. The first-order valence-electron chi connectivity index (χ1n) is 6.62. The monoisotopic (exact) mass is 345 g/mol. The van der Waals surface area contributed by atoms with Crippen molar-refractivity contribution in [2.24, 2.45) is 5.10 Å². The number of anilines is 1. The number of hydrogen-bond donors (Lipinski definition) is 1. The number of quaternary nitrogens is 1. The molecule has 4 nitrogen and oxygen atoms in total. The Morgan fingerprint density at radius 3 is 2.33 bits per heavy atom. The summed E-state index contributed by atoms with van der Waals surface area (Å²) in [4.78, 5) is 14.2. The molecule has 108 valence electrons. The smallest absolute Gasteiger partial charge is 0.219 e. The van der Waals surface area contributed by atoms with Gasteiger partial charge in [0.1, 0.15) is 0 Å². The van der Waals surface area contributed by atoms with Crippen molar-refractivity contribution in [3.05, 3.63) is 66.2 Å². The standard InChI is InChI=1S/C16H15N3O.BrH/c20-16(14-7-3-1-4-8-14)11-19-13-18(12-17-19)15-9-5-2-6-10-15;/h1-10,12H,11,13H2;1H. The van der Waals surface area contributed by atoms with Crippen molar-refractivity contribution >= 4 is 17.8 Å². The summed E-state index contributed by atoms with van der Waals surface area (Å²) in [5.74, 6) is 0.118. The number of carbonyl (C=O) groups excluding carboxylic acids is 1. The number of halogens is 1. The number of benzene rings is 2. The predicted octanol–water partition coefficient (Wildman–Crippen LogP) is -1.82. The summed E-state index contributed by atoms with van der Waals surface area (Å²) in [6.45, 7) is 1.06. The molecule has 0 aromatic heterocycles. The maximum atomic E-state index is 12.1. The van der Waals surface area contributed by atoms with E-state index in [1.54, 1.807) is 6.34 Å². The lowest BCUT2D eigenvalue weighted by molar-refractivity contribution is -0.891. The molecule has 21 heavy (non-hydrogen) atoms. The van der Waals surface area contributed by atoms with E-state index in [9.17, 15) is 4.79 Å². The molecule has 0 saturated carbocycles. The second kappa shape index (κ2) is 7.15. The third kappa shape index (κ3) is 3.77. The van der Waals surface area contributed by atoms with Crippen molar-refractivity contribution < 1.29 is 26.8 Å². The molecule has 1 aliphatic rings. The number of Topliss-reactive ketones (excluding diaryl/α,β-unsaturated/α-hetero) is 1. The van der Waals surface area contributed by atoms with Gasteiger partial charge in [-0.3, -0.25) is 9.69 Å². The third-order valence-electron chi connectivity index (χ3n) is 3.28. The first-order chi connectivity index (χ1) is 9.83. The third-order valence-corrected chi connectivity index (χ3v) is 3.28. The highest BCUT2D eigenvalue weighted by Gasteiger charge is 2.23. The number of para-hydroxylation sites is 1. The highest BCUT2D eigenvalue weighted by atomic mass is 79.9. The van der Waals surface area contributed by atoms with Crippen LogP contribution in [0.5, 0.6) is 0 Å². The van der Waals surface area contributed by atoms with Crippen LogP contribution in [0.25, 0.3) is 0 Å². The van der Waals surface area contributed by atoms with Gasteiger partial charge in [-0.2, -0.15) is 5.01 Å². The molecule has 5 heteroatoms. The number of nitrogens with one attached hydrogen (secondary N) is 1. The molecule has 1 aliphatic heterocycles. The quantitative estimate of drug-likeness (QED) is 0.662. The highest BCUT2D eigenvalue weighted by molar-refractivity contribution is 5.96. The Bertz CT molecular complexity index is 616. The zero-order valence-electron chi connectivity index (χ0n) is 11.4. The number of nitrogens with zero attached hydrogens (tertiary/aromatic N) is 2. The minimum Gasteiger partial charge on any atom is -1.00 e. The topological polar surface area (TPSA) is 37.1 Å². The molecule has 2 aromatic rings. The van der Waals surface area contributed by atoms with Crippen molar-refractivity contribution in [1.29, 1.82) is 0 Å². The number of rotatable bonds is 4. The molecule has 1 heterocycles. The Kier molecular flexibility index (Phi) is 5.25. The summed E-state index contributed by atoms with van der Waals surface area (Å²) in [7, 11) is 0. The van der Waals surface area contributed by atoms with E-state index in [1.165, 1.54) is 0 Å². The van der Waals surface area contributed by atoms with E-state index in [2.05, 4.69) is 5.10 Å². The van der Waals surface area contributed by atoms with Crippen molar-refractivity contribution in [3.63, 3.8) is 0 Å². The molecular weight excluding hydrogens is 330 g/mol. The van der Waals surface area contributed by atoms with Crippen LogP contribution in [0, 0.1) is 0 Å². The van der Waals surface area contributed by atoms with Gasteiger partial charge in [-0.1, -0.05) is 53.6 Å². The van der Waals surface area contributed by atoms with E-state index in [4.69, 9.17) is 0 Å². The molecule has 2 aromatic carbocycles. The Hall–Kier alpha value is -1.98. The van der Waals surface area contributed by atoms with Crippen LogP contribution in [-0.2, 0) is 0 Å². The number of hydrogen-bond acceptors (Lipinski definition) is 3. The van der Waals surface area contributed by atoms with Crippen LogP contribution in [0.15, 0.2) is 65.8 Å². The fraction of sp³-hybridized carbons (Fsp3) is 0.125. The Labute approximate surface area is 134 Å². The lowest BCUT2D eigenvalue weighted by Gasteiger charge is -2.13. The van der Waals surface area contributed by atoms with E-state index in [0.717, 1.165) is 16.3 Å². The van der Waals surface area contributed by atoms with Gasteiger partial charge in [-0.05, 0) is 12.1 Å². The molecule has 3 rings (SSSR count). The Balaban J connectivity index is 0.00000161. The molecule has 0 aliphatic carbocycles. The van der Waals surface area contributed by atoms with Crippen LogP contribution in [-0.4, -0.2) is 25.3 Å². The largest absolute Gasteiger partial charge is 1.00 e. The predicted molar refractivity (Wildman–Crippen MR) is 78.9 cm³/mol. The van der Waals surface area contributed by atoms with Crippen molar-refractivity contribution in [2.45, 2.75) is 0 Å². The van der Waals surface area contributed by atoms with Gasteiger partial charge >= 0.3 is 0 Å². The molecule has 0 bridgehead atoms. The summed E-state index contributed by atoms with van der Waals surface area (Å²) in [6.07, 6.45) is 1.79. The van der Waals surface area contributed by atoms with E-state index in [-0.39, 0.29) is 22.8 Å². The van der Waals surface area contributed by atoms with Gasteiger partial charge in [0.15, 0.2) is 19.6 Å². The zero-order chi connectivity index (χ0) is 13.8. The van der Waals surface area contributed by atoms with Crippen LogP contribution in [0.2, 0.25) is 0 Å². The first-order valence-corrected chi connectivity index (χ1v) is 6.62. The minimum atomic E-state index is 0. The average molecular weight is 346 g/mol. The SMILES string of the molecule is O=C(C[NH+]1CN(c2ccccc2)C=N1)c1ccccc1.[Br-]. The van der Waals surface area contributed by atoms with Gasteiger partial charge in [0, 0.05) is 11.3 Å². The van der Waals surface area contributed by atoms with Gasteiger partial charge in [0.05, 0.1) is 0 Å². The molecule has 0 amide bonds. The molecule has 0 spiro atoms. The second-order valence-electron chi connectivity index (χ2n) is 4.74. The summed E-state index contributed by atoms with van der Waals surface area (Å²) in [6, 6.07) is 19.4. The van der Waals surface area contributed by atoms with Crippen LogP contribution < -0.4 is 26.9 Å². The van der Waals surface area contributed by atoms with Gasteiger partial charge in [-0.25, -0.2) is 0 Å². The van der Waals surface area contributed by atoms with Crippen molar-refractivity contribution in [1.82, 2.24) is 0 Å². The lowest BCUT2D eigenvalue weighted by atomic mass is 10.1. The van der Waals surface area contributed by atoms with Gasteiger partial charge in [0.25, 0.3) is 0 Å². The summed E-state index contributed by atoms with van der Waals surface area (Å²) in [5, 5.41) is 5.26. The van der Waals surface area contributed by atoms with E-state index >= 15 is 0 Å². The highest BCUT2D eigenvalue weighted by Crippen LogP contribution is 2.10. The summed E-state index contributed by atoms with van der Waals surface area (Å²) < 4.78 is 0. The van der Waals surface area contributed by atoms with Gasteiger partial charge < -0.3 is 17.0 Å². The Morgan fingerprint density at radius 2 is 1.67 bits per heavy atom. The van der Waals surface area contributed by atoms with Crippen LogP contribution in [0.4, 0.5) is 5.69 Å². The van der Waals surface area contributed by atoms with Crippen LogP contribution in [0.1, 0.15) is 10.4 Å². The summed E-state index contributed by atoms with van der Waals surface area (Å²) >= 11 is 0. The molecule has 1 N–H and O–H groups in total.